The molecule has 6 heteroatoms. The average molecular weight is 295 g/mol. The quantitative estimate of drug-likeness (QED) is 0.889. The molecule has 3 N–H and O–H groups in total. The third-order valence-corrected chi connectivity index (χ3v) is 2.81. The lowest BCUT2D eigenvalue weighted by atomic mass is 10.2. The van der Waals surface area contributed by atoms with Crippen LogP contribution in [-0.4, -0.2) is 21.7 Å². The molecule has 1 unspecified atom stereocenters. The lowest BCUT2D eigenvalue weighted by Crippen LogP contribution is -2.35. The van der Waals surface area contributed by atoms with Crippen molar-refractivity contribution in [3.63, 3.8) is 0 Å². The highest BCUT2D eigenvalue weighted by Gasteiger charge is 2.13. The molecule has 5 nitrogen and oxygen atoms in total. The van der Waals surface area contributed by atoms with Crippen LogP contribution in [0.1, 0.15) is 19.8 Å². The minimum absolute atomic E-state index is 0. The van der Waals surface area contributed by atoms with Gasteiger partial charge in [-0.25, -0.2) is 4.68 Å². The number of hydrogen-bond acceptors (Lipinski definition) is 3. The zero-order valence-corrected chi connectivity index (χ0v) is 12.1. The normalized spacial score (nSPS) is 11.5. The number of carbonyl (C=O) groups is 1. The standard InChI is InChI=1S/C14H18N4O.ClH/c1-2-6-13(15)14(19)17-11-9-16-18(10-11)12-7-4-3-5-8-12;/h3-5,7-10,13H,2,6,15H2,1H3,(H,17,19);1H. The van der Waals surface area contributed by atoms with E-state index in [9.17, 15) is 4.79 Å². The topological polar surface area (TPSA) is 72.9 Å². The summed E-state index contributed by atoms with van der Waals surface area (Å²) in [7, 11) is 0. The van der Waals surface area contributed by atoms with Gasteiger partial charge in [0.05, 0.1) is 29.8 Å². The number of nitrogens with two attached hydrogens (primary N) is 1. The van der Waals surface area contributed by atoms with Crippen molar-refractivity contribution in [2.24, 2.45) is 5.73 Å². The van der Waals surface area contributed by atoms with Gasteiger partial charge in [-0.05, 0) is 18.6 Å². The van der Waals surface area contributed by atoms with Gasteiger partial charge in [0.25, 0.3) is 0 Å². The van der Waals surface area contributed by atoms with Crippen molar-refractivity contribution in [3.05, 3.63) is 42.7 Å². The second kappa shape index (κ2) is 7.67. The molecule has 2 rings (SSSR count). The van der Waals surface area contributed by atoms with Gasteiger partial charge in [0.15, 0.2) is 0 Å². The van der Waals surface area contributed by atoms with Crippen LogP contribution in [0.4, 0.5) is 5.69 Å². The largest absolute Gasteiger partial charge is 0.322 e. The van der Waals surface area contributed by atoms with E-state index in [0.29, 0.717) is 12.1 Å². The average Bonchev–Trinajstić information content (AvgIpc) is 2.88. The lowest BCUT2D eigenvalue weighted by Gasteiger charge is -2.09. The molecule has 108 valence electrons. The number of hydrogen-bond donors (Lipinski definition) is 2. The van der Waals surface area contributed by atoms with E-state index < -0.39 is 6.04 Å². The highest BCUT2D eigenvalue weighted by Crippen LogP contribution is 2.11. The van der Waals surface area contributed by atoms with Crippen LogP contribution >= 0.6 is 12.4 Å². The van der Waals surface area contributed by atoms with Gasteiger partial charge in [-0.1, -0.05) is 31.5 Å². The van der Waals surface area contributed by atoms with Crippen LogP contribution in [0.5, 0.6) is 0 Å². The molecule has 0 saturated carbocycles. The van der Waals surface area contributed by atoms with E-state index in [1.165, 1.54) is 0 Å². The first-order chi connectivity index (χ1) is 9.20. The minimum atomic E-state index is -0.468. The van der Waals surface area contributed by atoms with Crippen molar-refractivity contribution in [1.82, 2.24) is 9.78 Å². The molecule has 0 bridgehead atoms. The van der Waals surface area contributed by atoms with Crippen LogP contribution in [0.25, 0.3) is 5.69 Å². The maximum absolute atomic E-state index is 11.8. The molecule has 20 heavy (non-hydrogen) atoms. The molecule has 0 radical (unpaired) electrons. The second-order valence-electron chi connectivity index (χ2n) is 4.39. The van der Waals surface area contributed by atoms with Crippen LogP contribution in [0.3, 0.4) is 0 Å². The Balaban J connectivity index is 0.00000200. The predicted octanol–water partition coefficient (Wildman–Crippen LogP) is 2.36. The van der Waals surface area contributed by atoms with Gasteiger partial charge in [0.2, 0.25) is 5.91 Å². The van der Waals surface area contributed by atoms with Gasteiger partial charge in [-0.15, -0.1) is 12.4 Å². The number of halogens is 1. The van der Waals surface area contributed by atoms with E-state index in [4.69, 9.17) is 5.73 Å². The van der Waals surface area contributed by atoms with Crippen molar-refractivity contribution in [2.75, 3.05) is 5.32 Å². The minimum Gasteiger partial charge on any atom is -0.322 e. The summed E-state index contributed by atoms with van der Waals surface area (Å²) >= 11 is 0. The number of aromatic nitrogens is 2. The summed E-state index contributed by atoms with van der Waals surface area (Å²) in [6.07, 6.45) is 4.95. The van der Waals surface area contributed by atoms with Gasteiger partial charge in [-0.3, -0.25) is 4.79 Å². The number of rotatable bonds is 5. The second-order valence-corrected chi connectivity index (χ2v) is 4.39. The van der Waals surface area contributed by atoms with Gasteiger partial charge >= 0.3 is 0 Å². The maximum atomic E-state index is 11.8. The molecule has 1 amide bonds. The van der Waals surface area contributed by atoms with Crippen LogP contribution in [0.2, 0.25) is 0 Å². The zero-order valence-electron chi connectivity index (χ0n) is 11.3. The van der Waals surface area contributed by atoms with Crippen LogP contribution in [-0.2, 0) is 4.79 Å². The first-order valence-electron chi connectivity index (χ1n) is 6.37. The Morgan fingerprint density at radius 2 is 2.10 bits per heavy atom. The molecular weight excluding hydrogens is 276 g/mol. The Morgan fingerprint density at radius 1 is 1.40 bits per heavy atom. The summed E-state index contributed by atoms with van der Waals surface area (Å²) in [5, 5.41) is 6.98. The SMILES string of the molecule is CCCC(N)C(=O)Nc1cnn(-c2ccccc2)c1.Cl. The van der Waals surface area contributed by atoms with Gasteiger partial charge in [0, 0.05) is 0 Å². The third kappa shape index (κ3) is 4.08. The molecule has 1 atom stereocenters. The van der Waals surface area contributed by atoms with Crippen molar-refractivity contribution in [2.45, 2.75) is 25.8 Å². The summed E-state index contributed by atoms with van der Waals surface area (Å²) < 4.78 is 1.71. The number of anilines is 1. The zero-order chi connectivity index (χ0) is 13.7. The summed E-state index contributed by atoms with van der Waals surface area (Å²) in [4.78, 5) is 11.8. The summed E-state index contributed by atoms with van der Waals surface area (Å²) in [5.74, 6) is -0.172. The molecule has 2 aromatic rings. The summed E-state index contributed by atoms with van der Waals surface area (Å²) in [5.41, 5.74) is 7.35. The molecule has 0 aliphatic carbocycles. The van der Waals surface area contributed by atoms with Crippen molar-refractivity contribution in [3.8, 4) is 5.69 Å². The van der Waals surface area contributed by atoms with Crippen LogP contribution < -0.4 is 11.1 Å². The first-order valence-corrected chi connectivity index (χ1v) is 6.37. The van der Waals surface area contributed by atoms with Crippen molar-refractivity contribution >= 4 is 24.0 Å². The number of amides is 1. The molecule has 0 saturated heterocycles. The Kier molecular flexibility index (Phi) is 6.21. The fraction of sp³-hybridized carbons (Fsp3) is 0.286. The van der Waals surface area contributed by atoms with Gasteiger partial charge < -0.3 is 11.1 Å². The Bertz CT molecular complexity index is 541. The molecule has 0 fully saturated rings. The fourth-order valence-corrected chi connectivity index (χ4v) is 1.79. The number of benzene rings is 1. The monoisotopic (exact) mass is 294 g/mol. The van der Waals surface area contributed by atoms with Crippen LogP contribution in [0.15, 0.2) is 42.7 Å². The van der Waals surface area contributed by atoms with Gasteiger partial charge in [-0.2, -0.15) is 5.10 Å². The van der Waals surface area contributed by atoms with Crippen molar-refractivity contribution in [1.29, 1.82) is 0 Å². The van der Waals surface area contributed by atoms with E-state index in [1.54, 1.807) is 17.1 Å². The number of para-hydroxylation sites is 1. The smallest absolute Gasteiger partial charge is 0.241 e. The predicted molar refractivity (Wildman–Crippen MR) is 82.3 cm³/mol. The van der Waals surface area contributed by atoms with Crippen LogP contribution in [0, 0.1) is 0 Å². The maximum Gasteiger partial charge on any atom is 0.241 e. The highest BCUT2D eigenvalue weighted by atomic mass is 35.5. The third-order valence-electron chi connectivity index (χ3n) is 2.81. The highest BCUT2D eigenvalue weighted by molar-refractivity contribution is 5.94. The fourth-order valence-electron chi connectivity index (χ4n) is 1.79. The molecule has 1 aromatic heterocycles. The first kappa shape index (κ1) is 16.2. The van der Waals surface area contributed by atoms with E-state index in [0.717, 1.165) is 12.1 Å². The van der Waals surface area contributed by atoms with Crippen molar-refractivity contribution < 1.29 is 4.79 Å². The molecule has 1 aromatic carbocycles. The number of nitrogens with zero attached hydrogens (tertiary/aromatic N) is 2. The Hall–Kier alpha value is -1.85. The van der Waals surface area contributed by atoms with E-state index in [2.05, 4.69) is 10.4 Å². The molecule has 0 spiro atoms. The Labute approximate surface area is 124 Å². The number of carbonyl (C=O) groups excluding carboxylic acids is 1. The molecular formula is C14H19ClN4O. The molecule has 1 heterocycles. The summed E-state index contributed by atoms with van der Waals surface area (Å²) in [6.45, 7) is 2.00. The lowest BCUT2D eigenvalue weighted by molar-refractivity contribution is -0.117. The summed E-state index contributed by atoms with van der Waals surface area (Å²) in [6, 6.07) is 9.24. The van der Waals surface area contributed by atoms with E-state index in [-0.39, 0.29) is 18.3 Å². The number of nitrogens with one attached hydrogen (secondary N) is 1. The van der Waals surface area contributed by atoms with Gasteiger partial charge in [0.1, 0.15) is 0 Å². The molecule has 0 aliphatic heterocycles. The van der Waals surface area contributed by atoms with E-state index >= 15 is 0 Å². The Morgan fingerprint density at radius 3 is 2.75 bits per heavy atom. The van der Waals surface area contributed by atoms with E-state index in [1.807, 2.05) is 37.3 Å². The molecule has 0 aliphatic rings.